The highest BCUT2D eigenvalue weighted by Crippen LogP contribution is 2.27. The summed E-state index contributed by atoms with van der Waals surface area (Å²) in [7, 11) is 0. The lowest BCUT2D eigenvalue weighted by Gasteiger charge is -2.10. The number of halogens is 3. The molecule has 0 fully saturated rings. The second-order valence-electron chi connectivity index (χ2n) is 6.26. The number of anilines is 1. The first-order valence-corrected chi connectivity index (χ1v) is 9.49. The molecule has 0 spiro atoms. The van der Waals surface area contributed by atoms with E-state index < -0.39 is 11.6 Å². The summed E-state index contributed by atoms with van der Waals surface area (Å²) in [5.41, 5.74) is 7.29. The quantitative estimate of drug-likeness (QED) is 0.379. The number of nitrogen functional groups attached to an aromatic ring is 1. The summed E-state index contributed by atoms with van der Waals surface area (Å²) in [6.07, 6.45) is 1.66. The van der Waals surface area contributed by atoms with Gasteiger partial charge in [0.15, 0.2) is 0 Å². The molecule has 0 bridgehead atoms. The van der Waals surface area contributed by atoms with Crippen LogP contribution in [0.25, 0.3) is 11.1 Å². The summed E-state index contributed by atoms with van der Waals surface area (Å²) in [6.45, 7) is -0.138. The first-order valence-electron chi connectivity index (χ1n) is 9.12. The molecule has 1 heterocycles. The van der Waals surface area contributed by atoms with Gasteiger partial charge >= 0.3 is 0 Å². The van der Waals surface area contributed by atoms with Gasteiger partial charge in [-0.25, -0.2) is 13.8 Å². The maximum absolute atomic E-state index is 13.7. The van der Waals surface area contributed by atoms with Crippen LogP contribution in [0.2, 0.25) is 5.02 Å². The summed E-state index contributed by atoms with van der Waals surface area (Å²) in [4.78, 5) is 3.76. The van der Waals surface area contributed by atoms with Crippen LogP contribution < -0.4 is 10.5 Å². The minimum Gasteiger partial charge on any atom is -0.489 e. The molecule has 30 heavy (non-hydrogen) atoms. The summed E-state index contributed by atoms with van der Waals surface area (Å²) < 4.78 is 32.7. The number of hydrogen-bond acceptors (Lipinski definition) is 3. The van der Waals surface area contributed by atoms with E-state index in [0.29, 0.717) is 11.6 Å². The third-order valence-corrected chi connectivity index (χ3v) is 4.56. The van der Waals surface area contributed by atoms with E-state index in [2.05, 4.69) is 4.98 Å². The van der Waals surface area contributed by atoms with Gasteiger partial charge in [-0.1, -0.05) is 60.1 Å². The SMILES string of the molecule is Fc1ccc(F)c(COc2cccc(-c3ccccc3)c2)c1Cl.Nc1ccccn1. The van der Waals surface area contributed by atoms with Gasteiger partial charge in [-0.2, -0.15) is 0 Å². The minimum absolute atomic E-state index is 0.0109. The number of benzene rings is 3. The molecule has 152 valence electrons. The van der Waals surface area contributed by atoms with E-state index in [1.54, 1.807) is 18.3 Å². The second kappa shape index (κ2) is 10.4. The smallest absolute Gasteiger partial charge is 0.142 e. The van der Waals surface area contributed by atoms with Gasteiger partial charge < -0.3 is 10.5 Å². The van der Waals surface area contributed by atoms with Crippen molar-refractivity contribution < 1.29 is 13.5 Å². The molecule has 0 aliphatic heterocycles. The van der Waals surface area contributed by atoms with Crippen molar-refractivity contribution in [2.75, 3.05) is 5.73 Å². The minimum atomic E-state index is -0.662. The van der Waals surface area contributed by atoms with E-state index in [9.17, 15) is 8.78 Å². The van der Waals surface area contributed by atoms with Crippen LogP contribution in [0.4, 0.5) is 14.6 Å². The predicted octanol–water partition coefficient (Wildman–Crippen LogP) is 6.53. The summed E-state index contributed by atoms with van der Waals surface area (Å²) in [5.74, 6) is -0.117. The lowest BCUT2D eigenvalue weighted by atomic mass is 10.1. The molecule has 0 atom stereocenters. The zero-order valence-electron chi connectivity index (χ0n) is 15.9. The monoisotopic (exact) mass is 424 g/mol. The summed E-state index contributed by atoms with van der Waals surface area (Å²) >= 11 is 5.80. The van der Waals surface area contributed by atoms with E-state index in [4.69, 9.17) is 22.1 Å². The van der Waals surface area contributed by atoms with Gasteiger partial charge in [0.05, 0.1) is 5.02 Å². The third-order valence-electron chi connectivity index (χ3n) is 4.15. The topological polar surface area (TPSA) is 48.1 Å². The highest BCUT2D eigenvalue weighted by atomic mass is 35.5. The highest BCUT2D eigenvalue weighted by Gasteiger charge is 2.12. The molecule has 0 unspecified atom stereocenters. The molecule has 4 rings (SSSR count). The zero-order valence-corrected chi connectivity index (χ0v) is 16.7. The molecule has 0 radical (unpaired) electrons. The van der Waals surface area contributed by atoms with Crippen LogP contribution in [0.3, 0.4) is 0 Å². The van der Waals surface area contributed by atoms with Gasteiger partial charge in [0.2, 0.25) is 0 Å². The van der Waals surface area contributed by atoms with E-state index in [-0.39, 0.29) is 17.2 Å². The summed E-state index contributed by atoms with van der Waals surface area (Å²) in [6, 6.07) is 24.7. The average molecular weight is 425 g/mol. The highest BCUT2D eigenvalue weighted by molar-refractivity contribution is 6.31. The number of nitrogens with zero attached hydrogens (tertiary/aromatic N) is 1. The van der Waals surface area contributed by atoms with Crippen molar-refractivity contribution in [1.29, 1.82) is 0 Å². The zero-order chi connectivity index (χ0) is 21.3. The normalized spacial score (nSPS) is 10.1. The number of rotatable bonds is 4. The molecule has 1 aromatic heterocycles. The van der Waals surface area contributed by atoms with E-state index >= 15 is 0 Å². The Morgan fingerprint density at radius 2 is 1.50 bits per heavy atom. The van der Waals surface area contributed by atoms with Crippen LogP contribution >= 0.6 is 11.6 Å². The van der Waals surface area contributed by atoms with Gasteiger partial charge in [0.1, 0.15) is 29.8 Å². The van der Waals surface area contributed by atoms with E-state index in [1.165, 1.54) is 0 Å². The molecule has 3 aromatic carbocycles. The van der Waals surface area contributed by atoms with Crippen LogP contribution in [-0.2, 0) is 6.61 Å². The van der Waals surface area contributed by atoms with Crippen LogP contribution in [0, 0.1) is 11.6 Å². The molecule has 0 amide bonds. The Kier molecular flexibility index (Phi) is 7.35. The van der Waals surface area contributed by atoms with E-state index in [0.717, 1.165) is 23.3 Å². The fraction of sp³-hybridized carbons (Fsp3) is 0.0417. The molecule has 0 aliphatic carbocycles. The van der Waals surface area contributed by atoms with Crippen LogP contribution in [-0.4, -0.2) is 4.98 Å². The predicted molar refractivity (Wildman–Crippen MR) is 116 cm³/mol. The molecule has 0 saturated heterocycles. The fourth-order valence-corrected chi connectivity index (χ4v) is 2.84. The van der Waals surface area contributed by atoms with Crippen molar-refractivity contribution in [1.82, 2.24) is 4.98 Å². The standard InChI is InChI=1S/C19H13ClF2O.C5H6N2/c20-19-16(17(21)9-10-18(19)22)12-23-15-8-4-7-14(11-15)13-5-2-1-3-6-13;6-5-3-1-2-4-7-5/h1-11H,12H2;1-4H,(H2,6,7). The maximum Gasteiger partial charge on any atom is 0.142 e. The molecular weight excluding hydrogens is 406 g/mol. The molecular formula is C24H19ClF2N2O. The van der Waals surface area contributed by atoms with E-state index in [1.807, 2.05) is 60.7 Å². The van der Waals surface area contributed by atoms with Crippen molar-refractivity contribution in [2.45, 2.75) is 6.61 Å². The Labute approximate surface area is 178 Å². The summed E-state index contributed by atoms with van der Waals surface area (Å²) in [5, 5.41) is -0.246. The molecule has 0 aliphatic rings. The Hall–Kier alpha value is -3.44. The lowest BCUT2D eigenvalue weighted by Crippen LogP contribution is -2.01. The van der Waals surface area contributed by atoms with Crippen molar-refractivity contribution in [3.05, 3.63) is 113 Å². The van der Waals surface area contributed by atoms with Crippen LogP contribution in [0.15, 0.2) is 91.1 Å². The number of hydrogen-bond donors (Lipinski definition) is 1. The fourth-order valence-electron chi connectivity index (χ4n) is 2.63. The Bertz CT molecular complexity index is 1090. The van der Waals surface area contributed by atoms with Crippen molar-refractivity contribution in [3.63, 3.8) is 0 Å². The number of aromatic nitrogens is 1. The maximum atomic E-state index is 13.7. The van der Waals surface area contributed by atoms with Crippen LogP contribution in [0.5, 0.6) is 5.75 Å². The molecule has 3 nitrogen and oxygen atoms in total. The van der Waals surface area contributed by atoms with Gasteiger partial charge in [0, 0.05) is 11.8 Å². The molecule has 4 aromatic rings. The Morgan fingerprint density at radius 1 is 0.800 bits per heavy atom. The first-order chi connectivity index (χ1) is 14.5. The first kappa shape index (κ1) is 21.3. The number of ether oxygens (including phenoxy) is 1. The second-order valence-corrected chi connectivity index (χ2v) is 6.64. The van der Waals surface area contributed by atoms with Gasteiger partial charge in [-0.05, 0) is 47.5 Å². The van der Waals surface area contributed by atoms with Crippen molar-refractivity contribution in [2.24, 2.45) is 0 Å². The van der Waals surface area contributed by atoms with Crippen molar-refractivity contribution in [3.8, 4) is 16.9 Å². The molecule has 6 heteroatoms. The Morgan fingerprint density at radius 3 is 2.17 bits per heavy atom. The van der Waals surface area contributed by atoms with Gasteiger partial charge in [0.25, 0.3) is 0 Å². The molecule has 2 N–H and O–H groups in total. The number of nitrogens with two attached hydrogens (primary N) is 1. The van der Waals surface area contributed by atoms with Gasteiger partial charge in [-0.3, -0.25) is 0 Å². The number of pyridine rings is 1. The Balaban J connectivity index is 0.000000310. The van der Waals surface area contributed by atoms with Crippen molar-refractivity contribution >= 4 is 17.4 Å². The average Bonchev–Trinajstić information content (AvgIpc) is 2.78. The van der Waals surface area contributed by atoms with Gasteiger partial charge in [-0.15, -0.1) is 0 Å². The molecule has 0 saturated carbocycles. The lowest BCUT2D eigenvalue weighted by molar-refractivity contribution is 0.299. The largest absolute Gasteiger partial charge is 0.489 e. The van der Waals surface area contributed by atoms with Crippen LogP contribution in [0.1, 0.15) is 5.56 Å². The third kappa shape index (κ3) is 5.78.